The van der Waals surface area contributed by atoms with Crippen molar-refractivity contribution in [3.63, 3.8) is 0 Å². The summed E-state index contributed by atoms with van der Waals surface area (Å²) in [4.78, 5) is 4.51. The molecular formula is C13H14N2S. The van der Waals surface area contributed by atoms with Crippen LogP contribution in [0.25, 0.3) is 10.6 Å². The van der Waals surface area contributed by atoms with Gasteiger partial charge in [0, 0.05) is 17.5 Å². The summed E-state index contributed by atoms with van der Waals surface area (Å²) in [5.74, 6) is 0.800. The van der Waals surface area contributed by atoms with Gasteiger partial charge in [-0.25, -0.2) is 4.98 Å². The molecule has 3 rings (SSSR count). The summed E-state index contributed by atoms with van der Waals surface area (Å²) in [5.41, 5.74) is 9.25. The summed E-state index contributed by atoms with van der Waals surface area (Å²) in [6, 6.07) is 8.76. The average Bonchev–Trinajstić information content (AvgIpc) is 3.07. The van der Waals surface area contributed by atoms with Gasteiger partial charge in [-0.3, -0.25) is 0 Å². The van der Waals surface area contributed by atoms with Crippen LogP contribution in [0.5, 0.6) is 0 Å². The van der Waals surface area contributed by atoms with E-state index in [2.05, 4.69) is 29.2 Å². The molecule has 0 atom stereocenters. The Morgan fingerprint density at radius 2 is 2.25 bits per heavy atom. The highest BCUT2D eigenvalue weighted by molar-refractivity contribution is 7.13. The molecule has 2 nitrogen and oxygen atoms in total. The van der Waals surface area contributed by atoms with Gasteiger partial charge in [-0.2, -0.15) is 0 Å². The van der Waals surface area contributed by atoms with E-state index in [1.165, 1.54) is 24.0 Å². The first kappa shape index (κ1) is 10.00. The minimum atomic E-state index is 0.527. The maximum Gasteiger partial charge on any atom is 0.123 e. The molecule has 0 spiro atoms. The molecule has 1 saturated carbocycles. The van der Waals surface area contributed by atoms with Gasteiger partial charge in [0.25, 0.3) is 0 Å². The van der Waals surface area contributed by atoms with E-state index in [1.54, 1.807) is 11.3 Å². The molecule has 1 fully saturated rings. The maximum atomic E-state index is 5.57. The Bertz CT molecular complexity index is 500. The minimum Gasteiger partial charge on any atom is -0.325 e. The van der Waals surface area contributed by atoms with Gasteiger partial charge in [-0.1, -0.05) is 18.2 Å². The lowest BCUT2D eigenvalue weighted by Crippen LogP contribution is -1.95. The lowest BCUT2D eigenvalue weighted by Gasteiger charge is -2.00. The molecule has 82 valence electrons. The van der Waals surface area contributed by atoms with E-state index in [1.807, 2.05) is 5.38 Å². The van der Waals surface area contributed by atoms with E-state index < -0.39 is 0 Å². The topological polar surface area (TPSA) is 38.9 Å². The van der Waals surface area contributed by atoms with E-state index in [-0.39, 0.29) is 0 Å². The first-order valence-corrected chi connectivity index (χ1v) is 6.49. The molecule has 3 heteroatoms. The first-order valence-electron chi connectivity index (χ1n) is 5.61. The van der Waals surface area contributed by atoms with E-state index in [4.69, 9.17) is 5.73 Å². The molecule has 0 unspecified atom stereocenters. The first-order chi connectivity index (χ1) is 7.86. The zero-order valence-corrected chi connectivity index (χ0v) is 9.83. The number of aromatic nitrogens is 1. The van der Waals surface area contributed by atoms with E-state index in [0.29, 0.717) is 6.54 Å². The van der Waals surface area contributed by atoms with Crippen molar-refractivity contribution in [2.24, 2.45) is 5.73 Å². The van der Waals surface area contributed by atoms with Crippen LogP contribution in [-0.2, 0) is 6.54 Å². The summed E-state index contributed by atoms with van der Waals surface area (Å²) in [5, 5.41) is 3.13. The van der Waals surface area contributed by atoms with Crippen molar-refractivity contribution < 1.29 is 0 Å². The van der Waals surface area contributed by atoms with Crippen LogP contribution in [-0.4, -0.2) is 4.98 Å². The predicted octanol–water partition coefficient (Wildman–Crippen LogP) is 3.15. The van der Waals surface area contributed by atoms with Gasteiger partial charge in [0.15, 0.2) is 0 Å². The molecule has 1 aromatic heterocycles. The van der Waals surface area contributed by atoms with Crippen molar-refractivity contribution in [1.82, 2.24) is 4.98 Å². The van der Waals surface area contributed by atoms with Crippen molar-refractivity contribution in [1.29, 1.82) is 0 Å². The van der Waals surface area contributed by atoms with Crippen molar-refractivity contribution in [3.8, 4) is 10.6 Å². The Balaban J connectivity index is 1.95. The number of nitrogens with zero attached hydrogens (tertiary/aromatic N) is 1. The van der Waals surface area contributed by atoms with Gasteiger partial charge >= 0.3 is 0 Å². The van der Waals surface area contributed by atoms with E-state index in [9.17, 15) is 0 Å². The van der Waals surface area contributed by atoms with Crippen molar-refractivity contribution in [2.45, 2.75) is 25.3 Å². The summed E-state index contributed by atoms with van der Waals surface area (Å²) < 4.78 is 0. The van der Waals surface area contributed by atoms with Gasteiger partial charge in [0.2, 0.25) is 0 Å². The lowest BCUT2D eigenvalue weighted by molar-refractivity contribution is 1.01. The quantitative estimate of drug-likeness (QED) is 0.879. The molecule has 1 aliphatic carbocycles. The molecule has 16 heavy (non-hydrogen) atoms. The predicted molar refractivity (Wildman–Crippen MR) is 67.4 cm³/mol. The number of rotatable bonds is 3. The Morgan fingerprint density at radius 1 is 1.38 bits per heavy atom. The normalized spacial score (nSPS) is 15.3. The largest absolute Gasteiger partial charge is 0.325 e. The van der Waals surface area contributed by atoms with Crippen LogP contribution in [0, 0.1) is 0 Å². The summed E-state index contributed by atoms with van der Waals surface area (Å²) in [7, 11) is 0. The number of hydrogen-bond acceptors (Lipinski definition) is 3. The van der Waals surface area contributed by atoms with Gasteiger partial charge < -0.3 is 5.73 Å². The van der Waals surface area contributed by atoms with Crippen LogP contribution in [0.1, 0.15) is 30.0 Å². The Kier molecular flexibility index (Phi) is 2.50. The van der Waals surface area contributed by atoms with Crippen LogP contribution in [0.2, 0.25) is 0 Å². The summed E-state index contributed by atoms with van der Waals surface area (Å²) in [6.45, 7) is 0.527. The third-order valence-corrected chi connectivity index (χ3v) is 3.88. The minimum absolute atomic E-state index is 0.527. The second-order valence-corrected chi connectivity index (χ2v) is 5.11. The van der Waals surface area contributed by atoms with Crippen molar-refractivity contribution in [3.05, 3.63) is 40.9 Å². The Labute approximate surface area is 99.1 Å². The monoisotopic (exact) mass is 230 g/mol. The second-order valence-electron chi connectivity index (χ2n) is 4.25. The molecule has 0 radical (unpaired) electrons. The fraction of sp³-hybridized carbons (Fsp3) is 0.308. The number of nitrogens with two attached hydrogens (primary N) is 1. The number of hydrogen-bond donors (Lipinski definition) is 1. The second kappa shape index (κ2) is 4.00. The van der Waals surface area contributed by atoms with Crippen LogP contribution in [0.15, 0.2) is 29.6 Å². The molecule has 1 heterocycles. The smallest absolute Gasteiger partial charge is 0.123 e. The van der Waals surface area contributed by atoms with E-state index in [0.717, 1.165) is 16.6 Å². The SMILES string of the molecule is NCc1csc(-c2cccc(C3CC3)c2)n1. The molecular weight excluding hydrogens is 216 g/mol. The van der Waals surface area contributed by atoms with Gasteiger partial charge in [0.05, 0.1) is 5.69 Å². The fourth-order valence-corrected chi connectivity index (χ4v) is 2.71. The third kappa shape index (κ3) is 1.88. The van der Waals surface area contributed by atoms with Crippen molar-refractivity contribution in [2.75, 3.05) is 0 Å². The Morgan fingerprint density at radius 3 is 2.94 bits per heavy atom. The maximum absolute atomic E-state index is 5.57. The van der Waals surface area contributed by atoms with Gasteiger partial charge in [0.1, 0.15) is 5.01 Å². The molecule has 1 aliphatic rings. The van der Waals surface area contributed by atoms with E-state index >= 15 is 0 Å². The molecule has 0 amide bonds. The van der Waals surface area contributed by atoms with Crippen LogP contribution < -0.4 is 5.73 Å². The number of thiazole rings is 1. The molecule has 0 saturated heterocycles. The molecule has 0 bridgehead atoms. The summed E-state index contributed by atoms with van der Waals surface area (Å²) in [6.07, 6.45) is 2.69. The Hall–Kier alpha value is -1.19. The standard InChI is InChI=1S/C13H14N2S/c14-7-12-8-16-13(15-12)11-3-1-2-10(6-11)9-4-5-9/h1-3,6,8-9H,4-5,7,14H2. The van der Waals surface area contributed by atoms with Crippen LogP contribution in [0.3, 0.4) is 0 Å². The molecule has 2 aromatic rings. The summed E-state index contributed by atoms with van der Waals surface area (Å²) >= 11 is 1.68. The number of benzene rings is 1. The average molecular weight is 230 g/mol. The molecule has 1 aromatic carbocycles. The third-order valence-electron chi connectivity index (χ3n) is 2.94. The van der Waals surface area contributed by atoms with Crippen LogP contribution in [0.4, 0.5) is 0 Å². The molecule has 2 N–H and O–H groups in total. The van der Waals surface area contributed by atoms with Gasteiger partial charge in [-0.05, 0) is 30.4 Å². The highest BCUT2D eigenvalue weighted by atomic mass is 32.1. The zero-order chi connectivity index (χ0) is 11.0. The lowest BCUT2D eigenvalue weighted by atomic mass is 10.1. The van der Waals surface area contributed by atoms with Gasteiger partial charge in [-0.15, -0.1) is 11.3 Å². The van der Waals surface area contributed by atoms with Crippen LogP contribution >= 0.6 is 11.3 Å². The fourth-order valence-electron chi connectivity index (χ4n) is 1.88. The highest BCUT2D eigenvalue weighted by Crippen LogP contribution is 2.41. The zero-order valence-electron chi connectivity index (χ0n) is 9.02. The highest BCUT2D eigenvalue weighted by Gasteiger charge is 2.23. The van der Waals surface area contributed by atoms with Crippen molar-refractivity contribution >= 4 is 11.3 Å². The molecule has 0 aliphatic heterocycles.